The molecule has 2 aromatic heterocycles. The number of fused-ring (bicyclic) bond motifs is 9. The van der Waals surface area contributed by atoms with Gasteiger partial charge < -0.3 is 18.6 Å². The Labute approximate surface area is 375 Å². The van der Waals surface area contributed by atoms with E-state index in [4.69, 9.17) is 8.83 Å². The molecule has 0 spiro atoms. The van der Waals surface area contributed by atoms with Gasteiger partial charge in [0.25, 0.3) is 0 Å². The summed E-state index contributed by atoms with van der Waals surface area (Å²) in [5.41, 5.74) is 17.7. The summed E-state index contributed by atoms with van der Waals surface area (Å²) < 4.78 is 13.7. The van der Waals surface area contributed by atoms with Gasteiger partial charge in [0.2, 0.25) is 0 Å². The smallest absolute Gasteiger partial charge is 0.178 e. The Morgan fingerprint density at radius 2 is 0.719 bits per heavy atom. The van der Waals surface area contributed by atoms with Crippen LogP contribution < -0.4 is 9.80 Å². The molecule has 0 saturated carbocycles. The molecule has 0 aliphatic rings. The molecule has 0 fully saturated rings. The molecule has 11 rings (SSSR count). The number of furan rings is 2. The maximum Gasteiger partial charge on any atom is 0.178 e. The van der Waals surface area contributed by atoms with Crippen molar-refractivity contribution in [2.24, 2.45) is 0 Å². The van der Waals surface area contributed by atoms with E-state index in [1.54, 1.807) is 0 Å². The van der Waals surface area contributed by atoms with Gasteiger partial charge in [-0.05, 0) is 179 Å². The number of hydrogen-bond donors (Lipinski definition) is 0. The predicted molar refractivity (Wildman–Crippen MR) is 273 cm³/mol. The number of aryl methyl sites for hydroxylation is 4. The van der Waals surface area contributed by atoms with E-state index in [2.05, 4.69) is 223 Å². The van der Waals surface area contributed by atoms with E-state index in [9.17, 15) is 0 Å². The van der Waals surface area contributed by atoms with Crippen LogP contribution in [-0.2, 0) is 0 Å². The zero-order valence-corrected chi connectivity index (χ0v) is 37.9. The molecular formula is C60H52N2O2. The number of hydrogen-bond acceptors (Lipinski definition) is 4. The summed E-state index contributed by atoms with van der Waals surface area (Å²) in [7, 11) is 0. The molecule has 9 aromatic carbocycles. The van der Waals surface area contributed by atoms with Crippen molar-refractivity contribution in [1.82, 2.24) is 0 Å². The maximum absolute atomic E-state index is 6.83. The Bertz CT molecular complexity index is 3360. The number of benzene rings is 9. The Morgan fingerprint density at radius 1 is 0.344 bits per heavy atom. The van der Waals surface area contributed by atoms with E-state index in [-0.39, 0.29) is 0 Å². The van der Waals surface area contributed by atoms with Crippen molar-refractivity contribution in [3.05, 3.63) is 191 Å². The first kappa shape index (κ1) is 39.5. The number of nitrogens with zero attached hydrogens (tertiary/aromatic N) is 2. The zero-order chi connectivity index (χ0) is 44.0. The van der Waals surface area contributed by atoms with Crippen LogP contribution in [0.25, 0.3) is 65.4 Å². The fourth-order valence-electron chi connectivity index (χ4n) is 9.98. The molecule has 0 aliphatic carbocycles. The molecule has 4 nitrogen and oxygen atoms in total. The Balaban J connectivity index is 1.03. The number of anilines is 6. The number of para-hydroxylation sites is 2. The second-order valence-electron chi connectivity index (χ2n) is 18.4. The third-order valence-electron chi connectivity index (χ3n) is 13.4. The highest BCUT2D eigenvalue weighted by Gasteiger charge is 2.22. The van der Waals surface area contributed by atoms with Crippen LogP contribution in [0.5, 0.6) is 0 Å². The Kier molecular flexibility index (Phi) is 9.39. The minimum Gasteiger partial charge on any atom is -0.452 e. The first-order valence-electron chi connectivity index (χ1n) is 22.6. The topological polar surface area (TPSA) is 32.8 Å². The molecule has 314 valence electrons. The van der Waals surface area contributed by atoms with Gasteiger partial charge in [0.1, 0.15) is 11.2 Å². The highest BCUT2D eigenvalue weighted by Crippen LogP contribution is 2.45. The van der Waals surface area contributed by atoms with E-state index >= 15 is 0 Å². The molecule has 64 heavy (non-hydrogen) atoms. The van der Waals surface area contributed by atoms with Crippen molar-refractivity contribution in [2.45, 2.75) is 67.2 Å². The van der Waals surface area contributed by atoms with Gasteiger partial charge in [0, 0.05) is 44.3 Å². The van der Waals surface area contributed by atoms with Crippen molar-refractivity contribution >= 4 is 99.5 Å². The molecule has 0 aliphatic heterocycles. The maximum atomic E-state index is 6.83. The summed E-state index contributed by atoms with van der Waals surface area (Å²) >= 11 is 0. The normalized spacial score (nSPS) is 12.0. The largest absolute Gasteiger partial charge is 0.452 e. The lowest BCUT2D eigenvalue weighted by atomic mass is 10.00. The standard InChI is InChI=1S/C60H52N2O2/c1-35(2)41-17-11-19-47(27-41)61(57-37(5)13-9-14-38(57)6)49-23-21-43-31-53-51-25-26-52-54-32-44-22-24-50(30-46(44)34-56(54)64-60(52)59(51)63-55(53)33-45(43)29-49)62(58-39(7)15-10-16-40(58)8)48-20-12-18-42(28-48)36(3)4/h9-36H,1-8H3. The van der Waals surface area contributed by atoms with Crippen LogP contribution in [0, 0.1) is 27.7 Å². The van der Waals surface area contributed by atoms with Crippen molar-refractivity contribution in [2.75, 3.05) is 9.80 Å². The molecule has 11 aromatic rings. The van der Waals surface area contributed by atoms with E-state index in [0.29, 0.717) is 11.8 Å². The molecule has 4 heteroatoms. The lowest BCUT2D eigenvalue weighted by molar-refractivity contribution is 0.634. The van der Waals surface area contributed by atoms with Crippen LogP contribution in [0.15, 0.2) is 167 Å². The molecule has 0 amide bonds. The molecule has 0 saturated heterocycles. The Hall–Kier alpha value is -7.30. The van der Waals surface area contributed by atoms with Gasteiger partial charge in [-0.1, -0.05) is 100 Å². The summed E-state index contributed by atoms with van der Waals surface area (Å²) in [5.74, 6) is 0.844. The monoisotopic (exact) mass is 832 g/mol. The SMILES string of the molecule is Cc1cccc(C)c1N(c1cccc(C(C)C)c1)c1ccc2cc3c(cc2c1)oc1c3ccc2c3cc4ccc(N(c5cccc(C(C)C)c5)c5c(C)cccc5C)cc4cc3oc21. The fourth-order valence-corrected chi connectivity index (χ4v) is 9.98. The highest BCUT2D eigenvalue weighted by atomic mass is 16.4. The first-order chi connectivity index (χ1) is 31.0. The quantitative estimate of drug-likeness (QED) is 0.153. The van der Waals surface area contributed by atoms with Gasteiger partial charge in [-0.3, -0.25) is 0 Å². The molecule has 0 atom stereocenters. The van der Waals surface area contributed by atoms with Crippen molar-refractivity contribution in [1.29, 1.82) is 0 Å². The number of rotatable bonds is 8. The van der Waals surface area contributed by atoms with E-state index in [1.807, 2.05) is 0 Å². The lowest BCUT2D eigenvalue weighted by Crippen LogP contribution is -2.13. The highest BCUT2D eigenvalue weighted by molar-refractivity contribution is 6.21. The predicted octanol–water partition coefficient (Wildman–Crippen LogP) is 18.2. The third kappa shape index (κ3) is 6.51. The zero-order valence-electron chi connectivity index (χ0n) is 37.9. The summed E-state index contributed by atoms with van der Waals surface area (Å²) in [5, 5.41) is 8.82. The van der Waals surface area contributed by atoms with Crippen molar-refractivity contribution in [3.8, 4) is 0 Å². The van der Waals surface area contributed by atoms with Gasteiger partial charge in [0.15, 0.2) is 11.2 Å². The second-order valence-corrected chi connectivity index (χ2v) is 18.4. The summed E-state index contributed by atoms with van der Waals surface area (Å²) in [6.07, 6.45) is 0. The molecule has 0 bridgehead atoms. The van der Waals surface area contributed by atoms with Gasteiger partial charge in [-0.2, -0.15) is 0 Å². The fraction of sp³-hybridized carbons (Fsp3) is 0.167. The second kappa shape index (κ2) is 15.2. The van der Waals surface area contributed by atoms with Crippen LogP contribution in [-0.4, -0.2) is 0 Å². The van der Waals surface area contributed by atoms with E-state index < -0.39 is 0 Å². The molecular weight excluding hydrogens is 781 g/mol. The molecule has 0 radical (unpaired) electrons. The van der Waals surface area contributed by atoms with Gasteiger partial charge in [-0.15, -0.1) is 0 Å². The summed E-state index contributed by atoms with van der Waals surface area (Å²) in [6, 6.07) is 57.9. The van der Waals surface area contributed by atoms with Crippen LogP contribution in [0.2, 0.25) is 0 Å². The van der Waals surface area contributed by atoms with Gasteiger partial charge in [-0.25, -0.2) is 0 Å². The Morgan fingerprint density at radius 3 is 1.11 bits per heavy atom. The summed E-state index contributed by atoms with van der Waals surface area (Å²) in [6.45, 7) is 17.8. The van der Waals surface area contributed by atoms with Crippen molar-refractivity contribution in [3.63, 3.8) is 0 Å². The van der Waals surface area contributed by atoms with Crippen LogP contribution in [0.4, 0.5) is 34.1 Å². The van der Waals surface area contributed by atoms with Gasteiger partial charge >= 0.3 is 0 Å². The van der Waals surface area contributed by atoms with E-state index in [1.165, 1.54) is 44.8 Å². The minimum atomic E-state index is 0.422. The molecule has 0 unspecified atom stereocenters. The first-order valence-corrected chi connectivity index (χ1v) is 22.6. The molecule has 0 N–H and O–H groups in total. The minimum absolute atomic E-state index is 0.422. The van der Waals surface area contributed by atoms with Crippen molar-refractivity contribution < 1.29 is 8.83 Å². The third-order valence-corrected chi connectivity index (χ3v) is 13.4. The summed E-state index contributed by atoms with van der Waals surface area (Å²) in [4.78, 5) is 4.82. The van der Waals surface area contributed by atoms with Gasteiger partial charge in [0.05, 0.1) is 11.4 Å². The lowest BCUT2D eigenvalue weighted by Gasteiger charge is -2.29. The van der Waals surface area contributed by atoms with Crippen LogP contribution in [0.3, 0.4) is 0 Å². The average Bonchev–Trinajstić information content (AvgIpc) is 3.84. The molecule has 2 heterocycles. The van der Waals surface area contributed by atoms with Crippen LogP contribution >= 0.6 is 0 Å². The van der Waals surface area contributed by atoms with Crippen LogP contribution in [0.1, 0.15) is 72.9 Å². The van der Waals surface area contributed by atoms with E-state index in [0.717, 1.165) is 88.2 Å². The average molecular weight is 833 g/mol.